The van der Waals surface area contributed by atoms with Gasteiger partial charge in [-0.15, -0.1) is 0 Å². The Morgan fingerprint density at radius 2 is 1.71 bits per heavy atom. The number of nitrogens with one attached hydrogen (secondary N) is 1. The highest BCUT2D eigenvalue weighted by molar-refractivity contribution is 5.97. The third kappa shape index (κ3) is 4.32. The van der Waals surface area contributed by atoms with Gasteiger partial charge in [0.2, 0.25) is 0 Å². The van der Waals surface area contributed by atoms with E-state index in [1.807, 2.05) is 49.4 Å². The average molecular weight is 279 g/mol. The summed E-state index contributed by atoms with van der Waals surface area (Å²) in [5.41, 5.74) is 3.82. The van der Waals surface area contributed by atoms with Crippen LogP contribution in [0.2, 0.25) is 0 Å². The molecular formula is C19H21NO. The SMILES string of the molecule is C=C(CC(=O)c1ccc(C)cc1)N[C@@H](C)c1ccccc1. The molecule has 0 radical (unpaired) electrons. The van der Waals surface area contributed by atoms with Gasteiger partial charge in [-0.3, -0.25) is 4.79 Å². The highest BCUT2D eigenvalue weighted by Crippen LogP contribution is 2.15. The summed E-state index contributed by atoms with van der Waals surface area (Å²) in [7, 11) is 0. The molecule has 0 amide bonds. The van der Waals surface area contributed by atoms with E-state index in [4.69, 9.17) is 0 Å². The van der Waals surface area contributed by atoms with Gasteiger partial charge < -0.3 is 5.32 Å². The lowest BCUT2D eigenvalue weighted by molar-refractivity contribution is 0.0991. The minimum absolute atomic E-state index is 0.0905. The van der Waals surface area contributed by atoms with Crippen molar-refractivity contribution >= 4 is 5.78 Å². The van der Waals surface area contributed by atoms with Crippen molar-refractivity contribution in [2.45, 2.75) is 26.3 Å². The Labute approximate surface area is 126 Å². The zero-order valence-electron chi connectivity index (χ0n) is 12.6. The molecule has 2 heteroatoms. The summed E-state index contributed by atoms with van der Waals surface area (Å²) in [6, 6.07) is 17.9. The minimum atomic E-state index is 0.0905. The lowest BCUT2D eigenvalue weighted by Crippen LogP contribution is -2.19. The van der Waals surface area contributed by atoms with Gasteiger partial charge in [-0.1, -0.05) is 66.7 Å². The number of Topliss-reactive ketones (excluding diaryl/α,β-unsaturated/α-hetero) is 1. The zero-order chi connectivity index (χ0) is 15.2. The van der Waals surface area contributed by atoms with Gasteiger partial charge in [0.25, 0.3) is 0 Å². The fraction of sp³-hybridized carbons (Fsp3) is 0.211. The van der Waals surface area contributed by atoms with Crippen molar-refractivity contribution < 1.29 is 4.79 Å². The fourth-order valence-electron chi connectivity index (χ4n) is 2.22. The highest BCUT2D eigenvalue weighted by Gasteiger charge is 2.10. The van der Waals surface area contributed by atoms with Gasteiger partial charge in [-0.05, 0) is 19.4 Å². The first-order chi connectivity index (χ1) is 10.1. The smallest absolute Gasteiger partial charge is 0.168 e. The van der Waals surface area contributed by atoms with Crippen LogP contribution in [0.25, 0.3) is 0 Å². The topological polar surface area (TPSA) is 29.1 Å². The van der Waals surface area contributed by atoms with Crippen LogP contribution in [-0.2, 0) is 0 Å². The predicted molar refractivity (Wildman–Crippen MR) is 87.3 cm³/mol. The molecule has 2 rings (SSSR count). The van der Waals surface area contributed by atoms with Crippen LogP contribution >= 0.6 is 0 Å². The van der Waals surface area contributed by atoms with Gasteiger partial charge >= 0.3 is 0 Å². The van der Waals surface area contributed by atoms with E-state index >= 15 is 0 Å². The van der Waals surface area contributed by atoms with E-state index in [9.17, 15) is 4.79 Å². The Bertz CT molecular complexity index is 614. The molecule has 0 heterocycles. The molecule has 0 saturated carbocycles. The van der Waals surface area contributed by atoms with Crippen molar-refractivity contribution in [2.75, 3.05) is 0 Å². The molecule has 0 saturated heterocycles. The maximum Gasteiger partial charge on any atom is 0.168 e. The Morgan fingerprint density at radius 1 is 1.10 bits per heavy atom. The largest absolute Gasteiger partial charge is 0.382 e. The third-order valence-corrected chi connectivity index (χ3v) is 3.47. The van der Waals surface area contributed by atoms with Crippen LogP contribution < -0.4 is 5.32 Å². The predicted octanol–water partition coefficient (Wildman–Crippen LogP) is 4.43. The van der Waals surface area contributed by atoms with Gasteiger partial charge in [0, 0.05) is 17.3 Å². The second-order valence-electron chi connectivity index (χ2n) is 5.35. The molecule has 1 N–H and O–H groups in total. The number of benzene rings is 2. The summed E-state index contributed by atoms with van der Waals surface area (Å²) in [6.07, 6.45) is 0.320. The van der Waals surface area contributed by atoms with Crippen molar-refractivity contribution in [1.82, 2.24) is 5.32 Å². The maximum atomic E-state index is 12.2. The Balaban J connectivity index is 1.92. The van der Waals surface area contributed by atoms with Crippen LogP contribution in [0.4, 0.5) is 0 Å². The van der Waals surface area contributed by atoms with Crippen LogP contribution in [-0.4, -0.2) is 5.78 Å². The Hall–Kier alpha value is -2.35. The molecule has 0 aliphatic heterocycles. The molecule has 0 aromatic heterocycles. The summed E-state index contributed by atoms with van der Waals surface area (Å²) in [5.74, 6) is 0.0905. The first-order valence-corrected chi connectivity index (χ1v) is 7.15. The van der Waals surface area contributed by atoms with E-state index in [0.717, 1.165) is 16.8 Å². The normalized spacial score (nSPS) is 11.7. The lowest BCUT2D eigenvalue weighted by Gasteiger charge is -2.17. The summed E-state index contributed by atoms with van der Waals surface area (Å²) in [6.45, 7) is 8.05. The standard InChI is InChI=1S/C19H21NO/c1-14-9-11-18(12-10-14)19(21)13-15(2)20-16(3)17-7-5-4-6-8-17/h4-12,16,20H,2,13H2,1,3H3/t16-/m0/s1. The van der Waals surface area contributed by atoms with Crippen molar-refractivity contribution in [2.24, 2.45) is 0 Å². The molecule has 1 atom stereocenters. The molecule has 0 fully saturated rings. The molecule has 0 unspecified atom stereocenters. The number of ketones is 1. The second kappa shape index (κ2) is 6.89. The Kier molecular flexibility index (Phi) is 4.94. The van der Waals surface area contributed by atoms with Crippen LogP contribution in [0.15, 0.2) is 66.9 Å². The molecule has 0 bridgehead atoms. The van der Waals surface area contributed by atoms with E-state index in [-0.39, 0.29) is 11.8 Å². The molecule has 0 spiro atoms. The van der Waals surface area contributed by atoms with E-state index in [1.54, 1.807) is 0 Å². The van der Waals surface area contributed by atoms with Gasteiger partial charge in [-0.25, -0.2) is 0 Å². The number of hydrogen-bond donors (Lipinski definition) is 1. The third-order valence-electron chi connectivity index (χ3n) is 3.47. The molecule has 2 aromatic rings. The molecule has 2 nitrogen and oxygen atoms in total. The first-order valence-electron chi connectivity index (χ1n) is 7.15. The fourth-order valence-corrected chi connectivity index (χ4v) is 2.22. The summed E-state index contributed by atoms with van der Waals surface area (Å²) >= 11 is 0. The summed E-state index contributed by atoms with van der Waals surface area (Å²) in [5, 5.41) is 3.29. The molecule has 2 aromatic carbocycles. The quantitative estimate of drug-likeness (QED) is 0.792. The molecule has 108 valence electrons. The first kappa shape index (κ1) is 15.0. The van der Waals surface area contributed by atoms with Crippen LogP contribution in [0, 0.1) is 6.92 Å². The number of aryl methyl sites for hydroxylation is 1. The Morgan fingerprint density at radius 3 is 2.33 bits per heavy atom. The molecule has 0 aliphatic carbocycles. The van der Waals surface area contributed by atoms with E-state index in [0.29, 0.717) is 6.42 Å². The summed E-state index contributed by atoms with van der Waals surface area (Å²) in [4.78, 5) is 12.2. The van der Waals surface area contributed by atoms with E-state index in [2.05, 4.69) is 31.0 Å². The number of carbonyl (C=O) groups is 1. The van der Waals surface area contributed by atoms with Crippen molar-refractivity contribution in [1.29, 1.82) is 0 Å². The number of carbonyl (C=O) groups excluding carboxylic acids is 1. The monoisotopic (exact) mass is 279 g/mol. The van der Waals surface area contributed by atoms with Gasteiger partial charge in [0.05, 0.1) is 6.42 Å². The van der Waals surface area contributed by atoms with Crippen LogP contribution in [0.5, 0.6) is 0 Å². The second-order valence-corrected chi connectivity index (χ2v) is 5.35. The van der Waals surface area contributed by atoms with Crippen molar-refractivity contribution in [3.63, 3.8) is 0 Å². The van der Waals surface area contributed by atoms with Crippen molar-refractivity contribution in [3.8, 4) is 0 Å². The lowest BCUT2D eigenvalue weighted by atomic mass is 10.0. The molecule has 0 aliphatic rings. The number of rotatable bonds is 6. The average Bonchev–Trinajstić information content (AvgIpc) is 2.48. The number of hydrogen-bond acceptors (Lipinski definition) is 2. The minimum Gasteiger partial charge on any atom is -0.382 e. The molecule has 21 heavy (non-hydrogen) atoms. The van der Waals surface area contributed by atoms with E-state index in [1.165, 1.54) is 5.56 Å². The van der Waals surface area contributed by atoms with Crippen LogP contribution in [0.1, 0.15) is 40.9 Å². The number of allylic oxidation sites excluding steroid dienone is 1. The van der Waals surface area contributed by atoms with Crippen LogP contribution in [0.3, 0.4) is 0 Å². The highest BCUT2D eigenvalue weighted by atomic mass is 16.1. The van der Waals surface area contributed by atoms with Gasteiger partial charge in [0.1, 0.15) is 0 Å². The van der Waals surface area contributed by atoms with Gasteiger partial charge in [-0.2, -0.15) is 0 Å². The summed E-state index contributed by atoms with van der Waals surface area (Å²) < 4.78 is 0. The zero-order valence-corrected chi connectivity index (χ0v) is 12.6. The van der Waals surface area contributed by atoms with E-state index < -0.39 is 0 Å². The van der Waals surface area contributed by atoms with Crippen molar-refractivity contribution in [3.05, 3.63) is 83.6 Å². The van der Waals surface area contributed by atoms with Gasteiger partial charge in [0.15, 0.2) is 5.78 Å². The molecular weight excluding hydrogens is 258 g/mol. The maximum absolute atomic E-state index is 12.2.